The third kappa shape index (κ3) is 5.39. The molecule has 0 saturated heterocycles. The van der Waals surface area contributed by atoms with Gasteiger partial charge in [0.2, 0.25) is 0 Å². The fourth-order valence-corrected chi connectivity index (χ4v) is 5.14. The molecule has 1 unspecified atom stereocenters. The minimum atomic E-state index is -5.21. The van der Waals surface area contributed by atoms with Crippen LogP contribution >= 0.6 is 47.0 Å². The van der Waals surface area contributed by atoms with Gasteiger partial charge in [0, 0.05) is 17.5 Å². The molecule has 0 bridgehead atoms. The number of alkyl halides is 3. The van der Waals surface area contributed by atoms with Crippen molar-refractivity contribution < 1.29 is 31.5 Å². The molecule has 15 heteroatoms. The van der Waals surface area contributed by atoms with Crippen LogP contribution < -0.4 is 16.4 Å². The molecule has 0 aliphatic heterocycles. The van der Waals surface area contributed by atoms with Crippen LogP contribution in [0, 0.1) is 11.6 Å². The Balaban J connectivity index is 1.73. The minimum absolute atomic E-state index is 0.0179. The van der Waals surface area contributed by atoms with Crippen molar-refractivity contribution in [2.24, 2.45) is 5.73 Å². The fraction of sp³-hybridized carbons (Fsp3) is 0.292. The van der Waals surface area contributed by atoms with Gasteiger partial charge in [-0.05, 0) is 44.0 Å². The molecule has 6 nitrogen and oxygen atoms in total. The second-order valence-electron chi connectivity index (χ2n) is 8.90. The number of nitrogens with zero attached hydrogens (tertiary/aromatic N) is 1. The highest BCUT2D eigenvalue weighted by atomic mass is 35.5. The van der Waals surface area contributed by atoms with E-state index in [1.165, 1.54) is 22.8 Å². The van der Waals surface area contributed by atoms with Gasteiger partial charge in [-0.1, -0.05) is 47.0 Å². The first-order chi connectivity index (χ1) is 18.1. The number of amides is 2. The molecule has 1 aliphatic carbocycles. The van der Waals surface area contributed by atoms with Crippen LogP contribution in [0.5, 0.6) is 0 Å². The van der Waals surface area contributed by atoms with Crippen LogP contribution in [0.25, 0.3) is 10.9 Å². The Kier molecular flexibility index (Phi) is 7.80. The predicted molar refractivity (Wildman–Crippen MR) is 141 cm³/mol. The summed E-state index contributed by atoms with van der Waals surface area (Å²) in [6.45, 7) is 1.75. The topological polar surface area (TPSA) is 89.2 Å². The van der Waals surface area contributed by atoms with Crippen LogP contribution in [0.15, 0.2) is 24.3 Å². The molecule has 1 heterocycles. The maximum absolute atomic E-state index is 14.6. The average molecular weight is 628 g/mol. The van der Waals surface area contributed by atoms with Crippen molar-refractivity contribution in [3.63, 3.8) is 0 Å². The fourth-order valence-electron chi connectivity index (χ4n) is 4.17. The molecule has 3 aromatic rings. The highest BCUT2D eigenvalue weighted by molar-refractivity contribution is 7.80. The summed E-state index contributed by atoms with van der Waals surface area (Å²) in [5.74, 6) is -4.96. The van der Waals surface area contributed by atoms with Crippen LogP contribution in [0.1, 0.15) is 52.2 Å². The molecule has 4 N–H and O–H groups in total. The van der Waals surface area contributed by atoms with Gasteiger partial charge in [0.05, 0.1) is 31.7 Å². The number of aryl methyl sites for hydroxylation is 1. The van der Waals surface area contributed by atoms with E-state index >= 15 is 0 Å². The van der Waals surface area contributed by atoms with Crippen molar-refractivity contribution in [1.29, 1.82) is 0 Å². The highest BCUT2D eigenvalue weighted by Crippen LogP contribution is 2.40. The maximum atomic E-state index is 14.6. The van der Waals surface area contributed by atoms with E-state index in [2.05, 4.69) is 5.32 Å². The Hall–Kier alpha value is -2.67. The van der Waals surface area contributed by atoms with Crippen molar-refractivity contribution in [2.75, 3.05) is 0 Å². The van der Waals surface area contributed by atoms with E-state index in [1.54, 1.807) is 12.2 Å². The van der Waals surface area contributed by atoms with Gasteiger partial charge in [-0.2, -0.15) is 13.2 Å². The van der Waals surface area contributed by atoms with E-state index in [4.69, 9.17) is 52.8 Å². The van der Waals surface area contributed by atoms with Crippen molar-refractivity contribution in [3.8, 4) is 0 Å². The second kappa shape index (κ2) is 10.4. The molecule has 1 atom stereocenters. The number of aromatic nitrogens is 1. The number of nitrogens with one attached hydrogen (secondary N) is 2. The molecule has 1 aromatic heterocycles. The predicted octanol–water partition coefficient (Wildman–Crippen LogP) is 6.48. The van der Waals surface area contributed by atoms with Gasteiger partial charge in [0.1, 0.15) is 16.5 Å². The third-order valence-corrected chi connectivity index (χ3v) is 7.71. The Morgan fingerprint density at radius 2 is 1.72 bits per heavy atom. The SMILES string of the molecule is CCn1c(C(=O)NC(c2cc(Cl)c(F)c(Cl)c2F)C(F)(F)F)cc2cc(C(=O)NC3(C(N)=S)CC3)c(Cl)cc21. The van der Waals surface area contributed by atoms with Gasteiger partial charge in [-0.3, -0.25) is 9.59 Å². The van der Waals surface area contributed by atoms with Crippen molar-refractivity contribution in [3.05, 3.63) is 67.8 Å². The van der Waals surface area contributed by atoms with Gasteiger partial charge < -0.3 is 20.9 Å². The first kappa shape index (κ1) is 29.3. The summed E-state index contributed by atoms with van der Waals surface area (Å²) < 4.78 is 71.6. The number of thiocarbonyl (C=S) groups is 1. The zero-order chi connectivity index (χ0) is 29.0. The van der Waals surface area contributed by atoms with Gasteiger partial charge in [0.15, 0.2) is 11.9 Å². The van der Waals surface area contributed by atoms with Gasteiger partial charge in [0.25, 0.3) is 11.8 Å². The highest BCUT2D eigenvalue weighted by Gasteiger charge is 2.47. The van der Waals surface area contributed by atoms with E-state index in [-0.39, 0.29) is 27.8 Å². The van der Waals surface area contributed by atoms with Crippen LogP contribution in [0.3, 0.4) is 0 Å². The molecule has 0 radical (unpaired) electrons. The number of rotatable bonds is 7. The lowest BCUT2D eigenvalue weighted by molar-refractivity contribution is -0.155. The molecule has 2 aromatic carbocycles. The van der Waals surface area contributed by atoms with Crippen molar-refractivity contribution >= 4 is 74.7 Å². The molecule has 0 spiro atoms. The number of halogens is 8. The number of carbonyl (C=O) groups excluding carboxylic acids is 2. The Morgan fingerprint density at radius 3 is 2.26 bits per heavy atom. The Bertz CT molecular complexity index is 1540. The zero-order valence-electron chi connectivity index (χ0n) is 19.8. The molecule has 2 amide bonds. The van der Waals surface area contributed by atoms with Crippen LogP contribution in [0.4, 0.5) is 22.0 Å². The summed E-state index contributed by atoms with van der Waals surface area (Å²) in [6, 6.07) is 1.54. The molecular weight excluding hydrogens is 610 g/mol. The zero-order valence-corrected chi connectivity index (χ0v) is 22.9. The largest absolute Gasteiger partial charge is 0.412 e. The van der Waals surface area contributed by atoms with Crippen LogP contribution in [-0.2, 0) is 6.54 Å². The molecular formula is C24H18Cl3F5N4O2S. The number of hydrogen-bond donors (Lipinski definition) is 3. The van der Waals surface area contributed by atoms with E-state index in [1.807, 2.05) is 0 Å². The molecule has 1 aliphatic rings. The summed E-state index contributed by atoms with van der Waals surface area (Å²) >= 11 is 22.4. The van der Waals surface area contributed by atoms with Gasteiger partial charge in [-0.15, -0.1) is 0 Å². The molecule has 1 saturated carbocycles. The van der Waals surface area contributed by atoms with Crippen molar-refractivity contribution in [1.82, 2.24) is 15.2 Å². The first-order valence-electron chi connectivity index (χ1n) is 11.3. The first-order valence-corrected chi connectivity index (χ1v) is 12.8. The third-order valence-electron chi connectivity index (χ3n) is 6.40. The monoisotopic (exact) mass is 626 g/mol. The summed E-state index contributed by atoms with van der Waals surface area (Å²) in [5, 5.41) is 2.72. The normalized spacial score (nSPS) is 15.2. The van der Waals surface area contributed by atoms with Crippen molar-refractivity contribution in [2.45, 2.75) is 44.1 Å². The Morgan fingerprint density at radius 1 is 1.08 bits per heavy atom. The van der Waals surface area contributed by atoms with Gasteiger partial charge in [-0.25, -0.2) is 8.78 Å². The molecule has 4 rings (SSSR count). The molecule has 208 valence electrons. The molecule has 1 fully saturated rings. The number of benzene rings is 2. The number of nitrogens with two attached hydrogens (primary N) is 1. The van der Waals surface area contributed by atoms with E-state index in [0.717, 1.165) is 0 Å². The smallest absolute Gasteiger partial charge is 0.391 e. The van der Waals surface area contributed by atoms with E-state index < -0.39 is 56.8 Å². The second-order valence-corrected chi connectivity index (χ2v) is 10.5. The average Bonchev–Trinajstić information content (AvgIpc) is 3.55. The Labute approximate surface area is 238 Å². The lowest BCUT2D eigenvalue weighted by Gasteiger charge is -2.23. The lowest BCUT2D eigenvalue weighted by atomic mass is 10.0. The van der Waals surface area contributed by atoms with Crippen LogP contribution in [0.2, 0.25) is 15.1 Å². The molecule has 39 heavy (non-hydrogen) atoms. The number of carbonyl (C=O) groups is 2. The number of hydrogen-bond acceptors (Lipinski definition) is 3. The van der Waals surface area contributed by atoms with E-state index in [9.17, 15) is 31.5 Å². The maximum Gasteiger partial charge on any atom is 0.412 e. The standard InChI is InChI=1S/C24H18Cl3F5N4O2S/c1-2-36-14-8-12(25)10(20(37)35-23(3-4-23)22(33)39)5-9(14)6-15(36)21(38)34-19(24(30,31)32)11-7-13(26)18(29)16(27)17(11)28/h5-8,19H,2-4H2,1H3,(H2,33,39)(H,34,38)(H,35,37). The summed E-state index contributed by atoms with van der Waals surface area (Å²) in [6.07, 6.45) is -4.08. The summed E-state index contributed by atoms with van der Waals surface area (Å²) in [4.78, 5) is 26.1. The van der Waals surface area contributed by atoms with Gasteiger partial charge >= 0.3 is 6.18 Å². The quantitative estimate of drug-likeness (QED) is 0.121. The lowest BCUT2D eigenvalue weighted by Crippen LogP contribution is -2.45. The minimum Gasteiger partial charge on any atom is -0.391 e. The van der Waals surface area contributed by atoms with E-state index in [0.29, 0.717) is 29.8 Å². The number of fused-ring (bicyclic) bond motifs is 1. The summed E-state index contributed by atoms with van der Waals surface area (Å²) in [7, 11) is 0. The summed E-state index contributed by atoms with van der Waals surface area (Å²) in [5.41, 5.74) is 3.88. The van der Waals surface area contributed by atoms with Crippen LogP contribution in [-0.4, -0.2) is 33.1 Å².